The van der Waals surface area contributed by atoms with Crippen LogP contribution in [0.15, 0.2) is 30.3 Å². The highest BCUT2D eigenvalue weighted by molar-refractivity contribution is 5.19. The van der Waals surface area contributed by atoms with Crippen LogP contribution in [0.3, 0.4) is 0 Å². The highest BCUT2D eigenvalue weighted by Crippen LogP contribution is 2.30. The molecular weight excluding hydrogens is 258 g/mol. The molecule has 2 heteroatoms. The van der Waals surface area contributed by atoms with E-state index < -0.39 is 0 Å². The third-order valence-corrected chi connectivity index (χ3v) is 4.51. The van der Waals surface area contributed by atoms with Gasteiger partial charge in [0.25, 0.3) is 0 Å². The first-order valence-electron chi connectivity index (χ1n) is 8.42. The van der Waals surface area contributed by atoms with Crippen LogP contribution in [-0.4, -0.2) is 17.8 Å². The number of hydrogen-bond donors (Lipinski definition) is 2. The van der Waals surface area contributed by atoms with Crippen LogP contribution in [0.25, 0.3) is 0 Å². The number of rotatable bonds is 5. The average Bonchev–Trinajstić information content (AvgIpc) is 2.45. The number of aliphatic hydroxyl groups excluding tert-OH is 1. The second-order valence-corrected chi connectivity index (χ2v) is 7.75. The van der Waals surface area contributed by atoms with Crippen LogP contribution in [0, 0.1) is 11.3 Å². The van der Waals surface area contributed by atoms with Crippen LogP contribution < -0.4 is 5.32 Å². The van der Waals surface area contributed by atoms with Crippen molar-refractivity contribution in [2.45, 2.75) is 65.0 Å². The van der Waals surface area contributed by atoms with Crippen LogP contribution >= 0.6 is 0 Å². The second-order valence-electron chi connectivity index (χ2n) is 7.75. The van der Waals surface area contributed by atoms with Gasteiger partial charge in [-0.3, -0.25) is 0 Å². The van der Waals surface area contributed by atoms with Crippen LogP contribution in [0.4, 0.5) is 0 Å². The molecule has 21 heavy (non-hydrogen) atoms. The fourth-order valence-corrected chi connectivity index (χ4v) is 3.33. The van der Waals surface area contributed by atoms with E-state index in [9.17, 15) is 5.11 Å². The van der Waals surface area contributed by atoms with Gasteiger partial charge in [0.2, 0.25) is 0 Å². The molecule has 118 valence electrons. The molecule has 2 rings (SSSR count). The monoisotopic (exact) mass is 289 g/mol. The lowest BCUT2D eigenvalue weighted by Gasteiger charge is -2.32. The van der Waals surface area contributed by atoms with E-state index in [2.05, 4.69) is 56.4 Å². The Morgan fingerprint density at radius 3 is 2.43 bits per heavy atom. The number of aliphatic hydroxyl groups is 1. The molecule has 0 bridgehead atoms. The summed E-state index contributed by atoms with van der Waals surface area (Å²) >= 11 is 0. The first-order valence-corrected chi connectivity index (χ1v) is 8.42. The third kappa shape index (κ3) is 5.44. The van der Waals surface area contributed by atoms with Crippen molar-refractivity contribution in [1.82, 2.24) is 5.32 Å². The van der Waals surface area contributed by atoms with Crippen LogP contribution in [0.5, 0.6) is 0 Å². The van der Waals surface area contributed by atoms with Gasteiger partial charge < -0.3 is 10.4 Å². The average molecular weight is 289 g/mol. The molecule has 1 fully saturated rings. The molecule has 3 unspecified atom stereocenters. The SMILES string of the molecule is CC(C)(C)CC(NCC1CCCCC1O)c1ccccc1. The minimum Gasteiger partial charge on any atom is -0.393 e. The molecule has 1 aromatic rings. The van der Waals surface area contributed by atoms with Crippen molar-refractivity contribution in [3.63, 3.8) is 0 Å². The highest BCUT2D eigenvalue weighted by Gasteiger charge is 2.25. The topological polar surface area (TPSA) is 32.3 Å². The van der Waals surface area contributed by atoms with Crippen LogP contribution in [0.2, 0.25) is 0 Å². The zero-order chi connectivity index (χ0) is 15.3. The Kier molecular flexibility index (Phi) is 5.83. The summed E-state index contributed by atoms with van der Waals surface area (Å²) in [5, 5.41) is 13.9. The number of hydrogen-bond acceptors (Lipinski definition) is 2. The zero-order valence-corrected chi connectivity index (χ0v) is 13.8. The van der Waals surface area contributed by atoms with Gasteiger partial charge in [-0.15, -0.1) is 0 Å². The maximum absolute atomic E-state index is 10.1. The third-order valence-electron chi connectivity index (χ3n) is 4.51. The lowest BCUT2D eigenvalue weighted by Crippen LogP contribution is -2.36. The van der Waals surface area contributed by atoms with Gasteiger partial charge in [-0.1, -0.05) is 63.9 Å². The van der Waals surface area contributed by atoms with Crippen molar-refractivity contribution in [3.8, 4) is 0 Å². The smallest absolute Gasteiger partial charge is 0.0580 e. The number of benzene rings is 1. The summed E-state index contributed by atoms with van der Waals surface area (Å²) in [7, 11) is 0. The van der Waals surface area contributed by atoms with E-state index >= 15 is 0 Å². The van der Waals surface area contributed by atoms with E-state index in [-0.39, 0.29) is 6.10 Å². The molecule has 1 aliphatic carbocycles. The molecule has 0 aromatic heterocycles. The van der Waals surface area contributed by atoms with Crippen molar-refractivity contribution in [3.05, 3.63) is 35.9 Å². The Bertz CT molecular complexity index is 409. The van der Waals surface area contributed by atoms with Gasteiger partial charge in [-0.05, 0) is 36.2 Å². The van der Waals surface area contributed by atoms with Gasteiger partial charge in [0, 0.05) is 12.6 Å². The van der Waals surface area contributed by atoms with Crippen molar-refractivity contribution in [1.29, 1.82) is 0 Å². The first kappa shape index (κ1) is 16.5. The molecule has 0 spiro atoms. The van der Waals surface area contributed by atoms with Gasteiger partial charge in [-0.25, -0.2) is 0 Å². The lowest BCUT2D eigenvalue weighted by atomic mass is 9.83. The second kappa shape index (κ2) is 7.42. The van der Waals surface area contributed by atoms with E-state index in [4.69, 9.17) is 0 Å². The van der Waals surface area contributed by atoms with Crippen molar-refractivity contribution in [2.24, 2.45) is 11.3 Å². The number of nitrogens with one attached hydrogen (secondary N) is 1. The Balaban J connectivity index is 1.99. The van der Waals surface area contributed by atoms with Gasteiger partial charge in [0.15, 0.2) is 0 Å². The predicted molar refractivity (Wildman–Crippen MR) is 89.2 cm³/mol. The molecule has 0 radical (unpaired) electrons. The molecule has 1 aromatic carbocycles. The summed E-state index contributed by atoms with van der Waals surface area (Å²) in [4.78, 5) is 0. The standard InChI is InChI=1S/C19H31NO/c1-19(2,3)13-17(15-9-5-4-6-10-15)20-14-16-11-7-8-12-18(16)21/h4-6,9-10,16-18,20-21H,7-8,11-14H2,1-3H3. The summed E-state index contributed by atoms with van der Waals surface area (Å²) in [5.74, 6) is 0.421. The maximum Gasteiger partial charge on any atom is 0.0580 e. The van der Waals surface area contributed by atoms with E-state index in [1.165, 1.54) is 18.4 Å². The molecule has 0 amide bonds. The Morgan fingerprint density at radius 2 is 1.81 bits per heavy atom. The van der Waals surface area contributed by atoms with Crippen LogP contribution in [0.1, 0.15) is 64.5 Å². The van der Waals surface area contributed by atoms with E-state index in [1.54, 1.807) is 0 Å². The van der Waals surface area contributed by atoms with E-state index in [0.29, 0.717) is 17.4 Å². The molecule has 2 N–H and O–H groups in total. The maximum atomic E-state index is 10.1. The van der Waals surface area contributed by atoms with E-state index in [1.807, 2.05) is 0 Å². The quantitative estimate of drug-likeness (QED) is 0.847. The Hall–Kier alpha value is -0.860. The van der Waals surface area contributed by atoms with E-state index in [0.717, 1.165) is 25.8 Å². The summed E-state index contributed by atoms with van der Waals surface area (Å²) in [5.41, 5.74) is 1.65. The highest BCUT2D eigenvalue weighted by atomic mass is 16.3. The van der Waals surface area contributed by atoms with Crippen LogP contribution in [-0.2, 0) is 0 Å². The van der Waals surface area contributed by atoms with Gasteiger partial charge in [0.05, 0.1) is 6.10 Å². The zero-order valence-electron chi connectivity index (χ0n) is 13.8. The summed E-state index contributed by atoms with van der Waals surface area (Å²) in [6.07, 6.45) is 5.57. The Labute approximate surface area is 130 Å². The van der Waals surface area contributed by atoms with Crippen molar-refractivity contribution >= 4 is 0 Å². The molecule has 3 atom stereocenters. The predicted octanol–water partition coefficient (Wildman–Crippen LogP) is 4.30. The molecule has 1 aliphatic rings. The minimum absolute atomic E-state index is 0.114. The Morgan fingerprint density at radius 1 is 1.14 bits per heavy atom. The minimum atomic E-state index is -0.114. The molecular formula is C19H31NO. The molecule has 2 nitrogen and oxygen atoms in total. The summed E-state index contributed by atoms with van der Waals surface area (Å²) in [6, 6.07) is 11.1. The largest absolute Gasteiger partial charge is 0.393 e. The lowest BCUT2D eigenvalue weighted by molar-refractivity contribution is 0.0671. The van der Waals surface area contributed by atoms with Crippen molar-refractivity contribution in [2.75, 3.05) is 6.54 Å². The summed E-state index contributed by atoms with van der Waals surface area (Å²) < 4.78 is 0. The first-order chi connectivity index (χ1) is 9.96. The fourth-order valence-electron chi connectivity index (χ4n) is 3.33. The fraction of sp³-hybridized carbons (Fsp3) is 0.684. The van der Waals surface area contributed by atoms with Crippen molar-refractivity contribution < 1.29 is 5.11 Å². The van der Waals surface area contributed by atoms with Gasteiger partial charge in [0.1, 0.15) is 0 Å². The molecule has 0 saturated heterocycles. The van der Waals surface area contributed by atoms with Gasteiger partial charge >= 0.3 is 0 Å². The normalized spacial score (nSPS) is 24.8. The molecule has 0 aliphatic heterocycles. The molecule has 1 saturated carbocycles. The van der Waals surface area contributed by atoms with Gasteiger partial charge in [-0.2, -0.15) is 0 Å². The molecule has 0 heterocycles. The summed E-state index contributed by atoms with van der Waals surface area (Å²) in [6.45, 7) is 7.80.